The number of carbonyl (C=O) groups excluding carboxylic acids is 1. The van der Waals surface area contributed by atoms with Crippen LogP contribution in [0, 0.1) is 0 Å². The first-order valence-corrected chi connectivity index (χ1v) is 7.23. The van der Waals surface area contributed by atoms with Crippen molar-refractivity contribution >= 4 is 23.8 Å². The fraction of sp³-hybridized carbons (Fsp3) is 0.692. The summed E-state index contributed by atoms with van der Waals surface area (Å²) in [6.45, 7) is 4.69. The van der Waals surface area contributed by atoms with Crippen molar-refractivity contribution < 1.29 is 4.79 Å². The summed E-state index contributed by atoms with van der Waals surface area (Å²) in [5.74, 6) is 1.25. The molecule has 2 heterocycles. The molecule has 1 amide bonds. The third-order valence-corrected chi connectivity index (χ3v) is 3.51. The number of hydrogen-bond donors (Lipinski definition) is 1. The Balaban J connectivity index is 2.22. The fourth-order valence-electron chi connectivity index (χ4n) is 2.20. The monoisotopic (exact) mass is 293 g/mol. The average molecular weight is 293 g/mol. The maximum atomic E-state index is 11.9. The number of aromatic nitrogens is 3. The molecule has 0 spiro atoms. The van der Waals surface area contributed by atoms with Crippen molar-refractivity contribution in [3.05, 3.63) is 0 Å². The molecular weight excluding hydrogens is 270 g/mol. The van der Waals surface area contributed by atoms with Crippen LogP contribution in [0.5, 0.6) is 0 Å². The first-order valence-electron chi connectivity index (χ1n) is 7.23. The van der Waals surface area contributed by atoms with Crippen LogP contribution in [0.3, 0.4) is 0 Å². The highest BCUT2D eigenvalue weighted by Crippen LogP contribution is 2.19. The van der Waals surface area contributed by atoms with Gasteiger partial charge in [0.1, 0.15) is 0 Å². The quantitative estimate of drug-likeness (QED) is 0.815. The van der Waals surface area contributed by atoms with E-state index < -0.39 is 0 Å². The minimum atomic E-state index is -0.00134. The van der Waals surface area contributed by atoms with E-state index in [1.165, 1.54) is 0 Å². The van der Waals surface area contributed by atoms with E-state index in [-0.39, 0.29) is 18.4 Å². The van der Waals surface area contributed by atoms with Crippen molar-refractivity contribution in [2.75, 3.05) is 55.8 Å². The van der Waals surface area contributed by atoms with Gasteiger partial charge in [-0.25, -0.2) is 0 Å². The van der Waals surface area contributed by atoms with Gasteiger partial charge in [-0.15, -0.1) is 0 Å². The Bertz CT molecular complexity index is 499. The number of rotatable bonds is 5. The molecular formula is C13H23N7O. The Kier molecular flexibility index (Phi) is 4.77. The maximum Gasteiger partial charge on any atom is 0.241 e. The van der Waals surface area contributed by atoms with Crippen LogP contribution in [-0.2, 0) is 4.79 Å². The summed E-state index contributed by atoms with van der Waals surface area (Å²) < 4.78 is 0. The lowest BCUT2D eigenvalue weighted by atomic mass is 10.4. The third kappa shape index (κ3) is 3.71. The van der Waals surface area contributed by atoms with Crippen LogP contribution in [0.25, 0.3) is 0 Å². The number of nitrogen functional groups attached to an aromatic ring is 1. The van der Waals surface area contributed by atoms with Crippen LogP contribution in [0.4, 0.5) is 17.8 Å². The lowest BCUT2D eigenvalue weighted by molar-refractivity contribution is -0.127. The van der Waals surface area contributed by atoms with E-state index in [0.29, 0.717) is 18.4 Å². The van der Waals surface area contributed by atoms with E-state index in [1.807, 2.05) is 6.92 Å². The van der Waals surface area contributed by atoms with E-state index in [9.17, 15) is 4.79 Å². The van der Waals surface area contributed by atoms with Crippen molar-refractivity contribution in [2.45, 2.75) is 19.8 Å². The third-order valence-electron chi connectivity index (χ3n) is 3.51. The molecule has 0 aliphatic carbocycles. The molecule has 0 aromatic carbocycles. The predicted molar refractivity (Wildman–Crippen MR) is 82.3 cm³/mol. The summed E-state index contributed by atoms with van der Waals surface area (Å²) in [6.07, 6.45) is 2.27. The van der Waals surface area contributed by atoms with Gasteiger partial charge in [-0.1, -0.05) is 0 Å². The van der Waals surface area contributed by atoms with Gasteiger partial charge in [0.25, 0.3) is 0 Å². The van der Waals surface area contributed by atoms with Gasteiger partial charge in [0, 0.05) is 33.7 Å². The Morgan fingerprint density at radius 3 is 2.48 bits per heavy atom. The molecule has 0 saturated carbocycles. The number of nitrogens with two attached hydrogens (primary N) is 1. The van der Waals surface area contributed by atoms with Crippen molar-refractivity contribution in [2.24, 2.45) is 0 Å². The summed E-state index contributed by atoms with van der Waals surface area (Å²) in [6, 6.07) is 0. The zero-order valence-corrected chi connectivity index (χ0v) is 12.9. The van der Waals surface area contributed by atoms with E-state index in [4.69, 9.17) is 5.73 Å². The summed E-state index contributed by atoms with van der Waals surface area (Å²) in [5.41, 5.74) is 5.80. The van der Waals surface area contributed by atoms with Crippen LogP contribution in [-0.4, -0.2) is 66.0 Å². The molecule has 1 aliphatic heterocycles. The van der Waals surface area contributed by atoms with Crippen molar-refractivity contribution in [1.29, 1.82) is 0 Å². The molecule has 0 bridgehead atoms. The zero-order valence-electron chi connectivity index (χ0n) is 12.9. The van der Waals surface area contributed by atoms with Crippen molar-refractivity contribution in [3.63, 3.8) is 0 Å². The Hall–Kier alpha value is -2.12. The molecule has 0 radical (unpaired) electrons. The summed E-state index contributed by atoms with van der Waals surface area (Å²) in [7, 11) is 3.46. The molecule has 1 aromatic heterocycles. The van der Waals surface area contributed by atoms with Crippen LogP contribution in [0.1, 0.15) is 19.8 Å². The molecule has 1 saturated heterocycles. The topological polar surface area (TPSA) is 91.5 Å². The molecule has 1 aliphatic rings. The Morgan fingerprint density at radius 1 is 1.24 bits per heavy atom. The summed E-state index contributed by atoms with van der Waals surface area (Å²) in [4.78, 5) is 30.2. The fourth-order valence-corrected chi connectivity index (χ4v) is 2.20. The van der Waals surface area contributed by atoms with Gasteiger partial charge in [0.2, 0.25) is 23.8 Å². The van der Waals surface area contributed by atoms with Gasteiger partial charge in [0.15, 0.2) is 0 Å². The molecule has 8 heteroatoms. The molecule has 0 atom stereocenters. The number of carbonyl (C=O) groups is 1. The van der Waals surface area contributed by atoms with Crippen LogP contribution >= 0.6 is 0 Å². The van der Waals surface area contributed by atoms with Gasteiger partial charge in [-0.05, 0) is 19.8 Å². The lowest BCUT2D eigenvalue weighted by Gasteiger charge is -2.23. The SMILES string of the molecule is CCN(CC(=O)N(C)C)c1nc(N)nc(N2CCCC2)n1. The standard InChI is InChI=1S/C13H23N7O/c1-4-19(9-10(21)18(2)3)12-15-11(14)16-13(17-12)20-7-5-6-8-20/h4-9H2,1-3H3,(H2,14,15,16,17). The number of nitrogens with zero attached hydrogens (tertiary/aromatic N) is 6. The first kappa shape index (κ1) is 15.3. The van der Waals surface area contributed by atoms with Gasteiger partial charge in [-0.3, -0.25) is 4.79 Å². The summed E-state index contributed by atoms with van der Waals surface area (Å²) >= 11 is 0. The zero-order chi connectivity index (χ0) is 15.4. The molecule has 2 N–H and O–H groups in total. The van der Waals surface area contributed by atoms with E-state index in [1.54, 1.807) is 23.9 Å². The van der Waals surface area contributed by atoms with Gasteiger partial charge in [0.05, 0.1) is 6.54 Å². The molecule has 21 heavy (non-hydrogen) atoms. The molecule has 1 fully saturated rings. The smallest absolute Gasteiger partial charge is 0.241 e. The Labute approximate surface area is 125 Å². The first-order chi connectivity index (χ1) is 10.0. The number of anilines is 3. The van der Waals surface area contributed by atoms with E-state index >= 15 is 0 Å². The highest BCUT2D eigenvalue weighted by atomic mass is 16.2. The second-order valence-electron chi connectivity index (χ2n) is 5.29. The number of likely N-dealkylation sites (N-methyl/N-ethyl adjacent to an activating group) is 2. The predicted octanol–water partition coefficient (Wildman–Crippen LogP) is -0.0315. The second kappa shape index (κ2) is 6.55. The van der Waals surface area contributed by atoms with Crippen molar-refractivity contribution in [1.82, 2.24) is 19.9 Å². The Morgan fingerprint density at radius 2 is 1.90 bits per heavy atom. The highest BCUT2D eigenvalue weighted by Gasteiger charge is 2.20. The molecule has 1 aromatic rings. The van der Waals surface area contributed by atoms with E-state index in [2.05, 4.69) is 19.9 Å². The highest BCUT2D eigenvalue weighted by molar-refractivity contribution is 5.80. The summed E-state index contributed by atoms with van der Waals surface area (Å²) in [5, 5.41) is 0. The van der Waals surface area contributed by atoms with Gasteiger partial charge < -0.3 is 20.4 Å². The number of hydrogen-bond acceptors (Lipinski definition) is 7. The average Bonchev–Trinajstić information content (AvgIpc) is 2.97. The largest absolute Gasteiger partial charge is 0.368 e. The second-order valence-corrected chi connectivity index (χ2v) is 5.29. The minimum Gasteiger partial charge on any atom is -0.368 e. The molecule has 2 rings (SSSR count). The van der Waals surface area contributed by atoms with Crippen LogP contribution in [0.2, 0.25) is 0 Å². The normalized spacial score (nSPS) is 14.3. The molecule has 116 valence electrons. The van der Waals surface area contributed by atoms with Gasteiger partial charge in [-0.2, -0.15) is 15.0 Å². The van der Waals surface area contributed by atoms with Crippen LogP contribution in [0.15, 0.2) is 0 Å². The maximum absolute atomic E-state index is 11.9. The number of amides is 1. The molecule has 0 unspecified atom stereocenters. The van der Waals surface area contributed by atoms with E-state index in [0.717, 1.165) is 25.9 Å². The molecule has 8 nitrogen and oxygen atoms in total. The lowest BCUT2D eigenvalue weighted by Crippen LogP contribution is -2.38. The van der Waals surface area contributed by atoms with Gasteiger partial charge >= 0.3 is 0 Å². The van der Waals surface area contributed by atoms with Crippen molar-refractivity contribution in [3.8, 4) is 0 Å². The minimum absolute atomic E-state index is 0.00134. The van der Waals surface area contributed by atoms with Crippen LogP contribution < -0.4 is 15.5 Å².